The first-order valence-corrected chi connectivity index (χ1v) is 4.01. The molecule has 5 nitrogen and oxygen atoms in total. The molecule has 0 saturated carbocycles. The Hall–Kier alpha value is -2.09. The van der Waals surface area contributed by atoms with Crippen molar-refractivity contribution in [2.45, 2.75) is 6.42 Å². The van der Waals surface area contributed by atoms with Gasteiger partial charge in [-0.15, -0.1) is 12.3 Å². The highest BCUT2D eigenvalue weighted by Crippen LogP contribution is 2.21. The van der Waals surface area contributed by atoms with Crippen molar-refractivity contribution in [3.05, 3.63) is 28.6 Å². The number of nitrogens with one attached hydrogen (secondary N) is 1. The number of terminal acetylenes is 1. The molecular formula is C9H9N3O2. The van der Waals surface area contributed by atoms with Gasteiger partial charge in [0.25, 0.3) is 0 Å². The summed E-state index contributed by atoms with van der Waals surface area (Å²) in [5.74, 6) is 2.44. The number of nitrogens with zero attached hydrogens (tertiary/aromatic N) is 2. The lowest BCUT2D eigenvalue weighted by molar-refractivity contribution is -0.384. The van der Waals surface area contributed by atoms with Gasteiger partial charge in [0.05, 0.1) is 4.92 Å². The van der Waals surface area contributed by atoms with E-state index < -0.39 is 4.92 Å². The Morgan fingerprint density at radius 2 is 2.50 bits per heavy atom. The Balaban J connectivity index is 2.75. The van der Waals surface area contributed by atoms with E-state index in [1.165, 1.54) is 12.4 Å². The molecule has 0 unspecified atom stereocenters. The first-order valence-electron chi connectivity index (χ1n) is 4.01. The lowest BCUT2D eigenvalue weighted by Crippen LogP contribution is -2.03. The van der Waals surface area contributed by atoms with Crippen LogP contribution in [0.25, 0.3) is 0 Å². The van der Waals surface area contributed by atoms with Gasteiger partial charge in [-0.05, 0) is 6.07 Å². The molecule has 0 saturated heterocycles. The average molecular weight is 191 g/mol. The molecular weight excluding hydrogens is 182 g/mol. The monoisotopic (exact) mass is 191 g/mol. The molecule has 1 heterocycles. The summed E-state index contributed by atoms with van der Waals surface area (Å²) < 4.78 is 0. The number of aromatic nitrogens is 1. The molecule has 0 amide bonds. The Morgan fingerprint density at radius 3 is 3.14 bits per heavy atom. The van der Waals surface area contributed by atoms with Crippen LogP contribution in [0.4, 0.5) is 11.4 Å². The third kappa shape index (κ3) is 2.45. The summed E-state index contributed by atoms with van der Waals surface area (Å²) in [6, 6.07) is 1.55. The van der Waals surface area contributed by atoms with Crippen LogP contribution in [0.3, 0.4) is 0 Å². The molecule has 0 spiro atoms. The molecule has 0 radical (unpaired) electrons. The van der Waals surface area contributed by atoms with Crippen LogP contribution >= 0.6 is 0 Å². The lowest BCUT2D eigenvalue weighted by atomic mass is 10.3. The van der Waals surface area contributed by atoms with Crippen molar-refractivity contribution in [1.82, 2.24) is 4.98 Å². The molecule has 1 aromatic heterocycles. The molecule has 0 aliphatic rings. The molecule has 14 heavy (non-hydrogen) atoms. The highest BCUT2D eigenvalue weighted by molar-refractivity contribution is 5.59. The number of anilines is 1. The maximum absolute atomic E-state index is 10.5. The highest BCUT2D eigenvalue weighted by atomic mass is 16.6. The Bertz CT molecular complexity index is 371. The van der Waals surface area contributed by atoms with Crippen molar-refractivity contribution in [2.24, 2.45) is 0 Å². The summed E-state index contributed by atoms with van der Waals surface area (Å²) in [6.07, 6.45) is 8.28. The fourth-order valence-electron chi connectivity index (χ4n) is 0.950. The topological polar surface area (TPSA) is 68.1 Å². The van der Waals surface area contributed by atoms with Crippen molar-refractivity contribution < 1.29 is 4.92 Å². The van der Waals surface area contributed by atoms with E-state index >= 15 is 0 Å². The smallest absolute Gasteiger partial charge is 0.310 e. The van der Waals surface area contributed by atoms with E-state index in [0.29, 0.717) is 18.7 Å². The van der Waals surface area contributed by atoms with Crippen molar-refractivity contribution in [2.75, 3.05) is 11.9 Å². The first kappa shape index (κ1) is 9.99. The summed E-state index contributed by atoms with van der Waals surface area (Å²) in [5, 5.41) is 13.4. The highest BCUT2D eigenvalue weighted by Gasteiger charge is 2.11. The molecule has 0 atom stereocenters. The van der Waals surface area contributed by atoms with Crippen molar-refractivity contribution in [3.63, 3.8) is 0 Å². The zero-order valence-corrected chi connectivity index (χ0v) is 7.43. The van der Waals surface area contributed by atoms with Crippen molar-refractivity contribution in [3.8, 4) is 12.3 Å². The van der Waals surface area contributed by atoms with Gasteiger partial charge in [-0.3, -0.25) is 15.1 Å². The fraction of sp³-hybridized carbons (Fsp3) is 0.222. The minimum absolute atomic E-state index is 0.0375. The van der Waals surface area contributed by atoms with Crippen LogP contribution in [-0.2, 0) is 0 Å². The van der Waals surface area contributed by atoms with E-state index in [0.717, 1.165) is 0 Å². The molecule has 0 aliphatic carbocycles. The van der Waals surface area contributed by atoms with Gasteiger partial charge in [-0.2, -0.15) is 0 Å². The minimum Gasteiger partial charge on any atom is -0.378 e. The lowest BCUT2D eigenvalue weighted by Gasteiger charge is -2.03. The van der Waals surface area contributed by atoms with E-state index in [-0.39, 0.29) is 5.69 Å². The van der Waals surface area contributed by atoms with E-state index in [9.17, 15) is 10.1 Å². The Morgan fingerprint density at radius 1 is 1.71 bits per heavy atom. The molecule has 72 valence electrons. The zero-order chi connectivity index (χ0) is 10.4. The van der Waals surface area contributed by atoms with Crippen LogP contribution in [0.5, 0.6) is 0 Å². The fourth-order valence-corrected chi connectivity index (χ4v) is 0.950. The van der Waals surface area contributed by atoms with Crippen LogP contribution in [0.2, 0.25) is 0 Å². The van der Waals surface area contributed by atoms with Crippen LogP contribution in [0.15, 0.2) is 18.5 Å². The number of nitro groups is 1. The van der Waals surface area contributed by atoms with Gasteiger partial charge in [-0.25, -0.2) is 0 Å². The summed E-state index contributed by atoms with van der Waals surface area (Å²) >= 11 is 0. The first-order chi connectivity index (χ1) is 6.75. The molecule has 0 aliphatic heterocycles. The number of pyridine rings is 1. The van der Waals surface area contributed by atoms with Crippen LogP contribution in [0, 0.1) is 22.5 Å². The maximum Gasteiger partial charge on any atom is 0.310 e. The second kappa shape index (κ2) is 4.82. The van der Waals surface area contributed by atoms with Crippen LogP contribution in [-0.4, -0.2) is 16.5 Å². The average Bonchev–Trinajstić information content (AvgIpc) is 2.19. The number of hydrogen-bond donors (Lipinski definition) is 1. The number of rotatable bonds is 4. The SMILES string of the molecule is C#CCCNc1ccncc1[N+](=O)[O-]. The van der Waals surface area contributed by atoms with E-state index in [1.807, 2.05) is 0 Å². The molecule has 1 aromatic rings. The van der Waals surface area contributed by atoms with Gasteiger partial charge >= 0.3 is 5.69 Å². The van der Waals surface area contributed by atoms with Gasteiger partial charge in [0.15, 0.2) is 0 Å². The van der Waals surface area contributed by atoms with Crippen LogP contribution in [0.1, 0.15) is 6.42 Å². The normalized spacial score (nSPS) is 9.07. The molecule has 0 fully saturated rings. The van der Waals surface area contributed by atoms with Gasteiger partial charge in [0.2, 0.25) is 0 Å². The predicted octanol–water partition coefficient (Wildman–Crippen LogP) is 1.42. The summed E-state index contributed by atoms with van der Waals surface area (Å²) in [4.78, 5) is 13.7. The van der Waals surface area contributed by atoms with Crippen molar-refractivity contribution >= 4 is 11.4 Å². The van der Waals surface area contributed by atoms with Crippen LogP contribution < -0.4 is 5.32 Å². The summed E-state index contributed by atoms with van der Waals surface area (Å²) in [5.41, 5.74) is 0.407. The number of hydrogen-bond acceptors (Lipinski definition) is 4. The standard InChI is InChI=1S/C9H9N3O2/c1-2-3-5-11-8-4-6-10-7-9(8)12(13)14/h1,4,6-7H,3,5H2,(H,10,11). The summed E-state index contributed by atoms with van der Waals surface area (Å²) in [7, 11) is 0. The molecule has 1 N–H and O–H groups in total. The third-order valence-electron chi connectivity index (χ3n) is 1.58. The van der Waals surface area contributed by atoms with E-state index in [4.69, 9.17) is 6.42 Å². The second-order valence-electron chi connectivity index (χ2n) is 2.53. The largest absolute Gasteiger partial charge is 0.378 e. The Kier molecular flexibility index (Phi) is 3.44. The van der Waals surface area contributed by atoms with Gasteiger partial charge < -0.3 is 5.32 Å². The predicted molar refractivity (Wildman–Crippen MR) is 52.8 cm³/mol. The third-order valence-corrected chi connectivity index (χ3v) is 1.58. The van der Waals surface area contributed by atoms with E-state index in [1.54, 1.807) is 6.07 Å². The Labute approximate surface area is 81.3 Å². The van der Waals surface area contributed by atoms with Gasteiger partial charge in [-0.1, -0.05) is 0 Å². The zero-order valence-electron chi connectivity index (χ0n) is 7.43. The molecule has 5 heteroatoms. The van der Waals surface area contributed by atoms with Gasteiger partial charge in [0.1, 0.15) is 11.9 Å². The van der Waals surface area contributed by atoms with Crippen molar-refractivity contribution in [1.29, 1.82) is 0 Å². The maximum atomic E-state index is 10.5. The van der Waals surface area contributed by atoms with Gasteiger partial charge in [0, 0.05) is 19.2 Å². The molecule has 1 rings (SSSR count). The molecule has 0 aromatic carbocycles. The van der Waals surface area contributed by atoms with E-state index in [2.05, 4.69) is 16.2 Å². The second-order valence-corrected chi connectivity index (χ2v) is 2.53. The molecule has 0 bridgehead atoms. The quantitative estimate of drug-likeness (QED) is 0.338. The minimum atomic E-state index is -0.481. The summed E-state index contributed by atoms with van der Waals surface area (Å²) in [6.45, 7) is 0.515.